The molecule has 0 amide bonds. The van der Waals surface area contributed by atoms with Crippen molar-refractivity contribution in [2.24, 2.45) is 0 Å². The van der Waals surface area contributed by atoms with E-state index in [2.05, 4.69) is 31.2 Å². The maximum Gasteiger partial charge on any atom is 0.213 e. The fourth-order valence-electron chi connectivity index (χ4n) is 3.31. The number of fused-ring (bicyclic) bond motifs is 5. The molecule has 3 aromatic rings. The summed E-state index contributed by atoms with van der Waals surface area (Å²) in [6.45, 7) is 2.09. The van der Waals surface area contributed by atoms with Crippen LogP contribution in [0.15, 0.2) is 36.4 Å². The summed E-state index contributed by atoms with van der Waals surface area (Å²) in [5, 5.41) is 12.7. The molecular formula is C17H10O2. The maximum atomic E-state index is 10.4. The van der Waals surface area contributed by atoms with Crippen molar-refractivity contribution in [3.63, 3.8) is 0 Å². The molecule has 2 heteroatoms. The number of phenols is 1. The van der Waals surface area contributed by atoms with Gasteiger partial charge in [-0.25, -0.2) is 0 Å². The fourth-order valence-corrected chi connectivity index (χ4v) is 3.31. The number of benzene rings is 3. The van der Waals surface area contributed by atoms with E-state index in [0.717, 1.165) is 27.6 Å². The Kier molecular flexibility index (Phi) is 1.37. The molecule has 3 aromatic carbocycles. The first kappa shape index (κ1) is 9.45. The molecule has 90 valence electrons. The van der Waals surface area contributed by atoms with Crippen LogP contribution in [0.25, 0.3) is 33.0 Å². The van der Waals surface area contributed by atoms with Gasteiger partial charge in [0.15, 0.2) is 11.5 Å². The van der Waals surface area contributed by atoms with Crippen molar-refractivity contribution in [2.75, 3.05) is 0 Å². The summed E-state index contributed by atoms with van der Waals surface area (Å²) in [6.07, 6.45) is 0. The smallest absolute Gasteiger partial charge is 0.213 e. The Bertz CT molecular complexity index is 907. The zero-order valence-electron chi connectivity index (χ0n) is 10.3. The number of ether oxygens (including phenoxy) is 1. The lowest BCUT2D eigenvalue weighted by Gasteiger charge is -2.03. The van der Waals surface area contributed by atoms with E-state index in [1.807, 2.05) is 12.1 Å². The second kappa shape index (κ2) is 2.75. The quantitative estimate of drug-likeness (QED) is 0.405. The minimum Gasteiger partial charge on any atom is -0.504 e. The van der Waals surface area contributed by atoms with Crippen molar-refractivity contribution in [1.29, 1.82) is 0 Å². The molecule has 0 unspecified atom stereocenters. The van der Waals surface area contributed by atoms with Crippen LogP contribution in [0, 0.1) is 6.92 Å². The molecule has 0 atom stereocenters. The van der Waals surface area contributed by atoms with Gasteiger partial charge in [0, 0.05) is 16.3 Å². The van der Waals surface area contributed by atoms with E-state index in [4.69, 9.17) is 4.74 Å². The Morgan fingerprint density at radius 2 is 1.63 bits per heavy atom. The minimum absolute atomic E-state index is 0.291. The summed E-state index contributed by atoms with van der Waals surface area (Å²) >= 11 is 0. The SMILES string of the molecule is Cc1ccc2c3c(c(O)c4c(c13)O4)-c1ccccc1-2. The number of phenolic OH excluding ortho intramolecular Hbond substituents is 1. The molecule has 1 N–H and O–H groups in total. The van der Waals surface area contributed by atoms with Gasteiger partial charge in [-0.05, 0) is 29.2 Å². The zero-order chi connectivity index (χ0) is 12.7. The molecule has 0 fully saturated rings. The van der Waals surface area contributed by atoms with Gasteiger partial charge in [-0.15, -0.1) is 0 Å². The first-order chi connectivity index (χ1) is 9.27. The summed E-state index contributed by atoms with van der Waals surface area (Å²) in [6, 6.07) is 12.5. The van der Waals surface area contributed by atoms with Crippen molar-refractivity contribution in [3.05, 3.63) is 42.0 Å². The molecule has 0 radical (unpaired) electrons. The Hall–Kier alpha value is -2.48. The highest BCUT2D eigenvalue weighted by molar-refractivity contribution is 6.21. The van der Waals surface area contributed by atoms with Gasteiger partial charge >= 0.3 is 0 Å². The predicted molar refractivity (Wildman–Crippen MR) is 74.9 cm³/mol. The van der Waals surface area contributed by atoms with Gasteiger partial charge in [-0.3, -0.25) is 0 Å². The van der Waals surface area contributed by atoms with Crippen LogP contribution in [0.4, 0.5) is 0 Å². The van der Waals surface area contributed by atoms with Crippen LogP contribution in [0.3, 0.4) is 0 Å². The highest BCUT2D eigenvalue weighted by Gasteiger charge is 2.37. The van der Waals surface area contributed by atoms with Crippen LogP contribution in [-0.2, 0) is 0 Å². The summed E-state index contributed by atoms with van der Waals surface area (Å²) in [4.78, 5) is 0. The third-order valence-electron chi connectivity index (χ3n) is 4.20. The van der Waals surface area contributed by atoms with Crippen LogP contribution in [0.5, 0.6) is 17.2 Å². The minimum atomic E-state index is 0.291. The number of aromatic hydroxyl groups is 1. The van der Waals surface area contributed by atoms with Crippen molar-refractivity contribution in [1.82, 2.24) is 0 Å². The van der Waals surface area contributed by atoms with E-state index >= 15 is 0 Å². The van der Waals surface area contributed by atoms with Crippen LogP contribution >= 0.6 is 0 Å². The third-order valence-corrected chi connectivity index (χ3v) is 4.20. The molecule has 2 aliphatic rings. The van der Waals surface area contributed by atoms with Crippen molar-refractivity contribution < 1.29 is 9.84 Å². The van der Waals surface area contributed by atoms with E-state index < -0.39 is 0 Å². The third kappa shape index (κ3) is 0.920. The van der Waals surface area contributed by atoms with Gasteiger partial charge in [-0.1, -0.05) is 36.4 Å². The normalized spacial score (nSPS) is 13.1. The molecule has 2 nitrogen and oxygen atoms in total. The molecule has 0 aromatic heterocycles. The molecule has 5 rings (SSSR count). The second-order valence-electron chi connectivity index (χ2n) is 5.21. The Balaban J connectivity index is 2.13. The molecule has 0 saturated heterocycles. The predicted octanol–water partition coefficient (Wildman–Crippen LogP) is 4.61. The zero-order valence-corrected chi connectivity index (χ0v) is 10.3. The highest BCUT2D eigenvalue weighted by atomic mass is 16.6. The van der Waals surface area contributed by atoms with E-state index in [0.29, 0.717) is 11.5 Å². The number of aryl methyl sites for hydroxylation is 1. The lowest BCUT2D eigenvalue weighted by atomic mass is 9.99. The molecule has 1 aliphatic heterocycles. The van der Waals surface area contributed by atoms with Crippen molar-refractivity contribution in [3.8, 4) is 39.5 Å². The van der Waals surface area contributed by atoms with Gasteiger partial charge in [0.1, 0.15) is 0 Å². The molecule has 0 bridgehead atoms. The van der Waals surface area contributed by atoms with E-state index in [9.17, 15) is 5.11 Å². The Morgan fingerprint density at radius 3 is 2.47 bits per heavy atom. The van der Waals surface area contributed by atoms with Crippen molar-refractivity contribution in [2.45, 2.75) is 6.92 Å². The first-order valence-electron chi connectivity index (χ1n) is 6.37. The molecule has 0 spiro atoms. The number of hydrogen-bond acceptors (Lipinski definition) is 2. The second-order valence-corrected chi connectivity index (χ2v) is 5.21. The molecular weight excluding hydrogens is 236 g/mol. The summed E-state index contributed by atoms with van der Waals surface area (Å²) in [7, 11) is 0. The van der Waals surface area contributed by atoms with E-state index in [1.54, 1.807) is 0 Å². The van der Waals surface area contributed by atoms with Gasteiger partial charge in [0.2, 0.25) is 5.75 Å². The summed E-state index contributed by atoms with van der Waals surface area (Å²) < 4.78 is 5.50. The van der Waals surface area contributed by atoms with Crippen LogP contribution in [0.1, 0.15) is 5.56 Å². The lowest BCUT2D eigenvalue weighted by Crippen LogP contribution is -1.78. The van der Waals surface area contributed by atoms with E-state index in [-0.39, 0.29) is 0 Å². The van der Waals surface area contributed by atoms with Crippen LogP contribution < -0.4 is 4.74 Å². The Labute approximate surface area is 109 Å². The fraction of sp³-hybridized carbons (Fsp3) is 0.0588. The maximum absolute atomic E-state index is 10.4. The molecule has 1 heterocycles. The van der Waals surface area contributed by atoms with Gasteiger partial charge in [-0.2, -0.15) is 0 Å². The van der Waals surface area contributed by atoms with Crippen LogP contribution in [0.2, 0.25) is 0 Å². The standard InChI is InChI=1S/C17H10O2/c1-8-6-7-11-9-4-2-3-5-10(9)14-13(11)12(8)16-17(19-16)15(14)18/h2-7,18H,1H3. The average molecular weight is 246 g/mol. The van der Waals surface area contributed by atoms with Gasteiger partial charge in [0.25, 0.3) is 0 Å². The average Bonchev–Trinajstić information content (AvgIpc) is 3.14. The van der Waals surface area contributed by atoms with Gasteiger partial charge in [0.05, 0.1) is 0 Å². The van der Waals surface area contributed by atoms with Crippen molar-refractivity contribution >= 4 is 10.8 Å². The molecule has 1 aliphatic carbocycles. The molecule has 0 saturated carbocycles. The lowest BCUT2D eigenvalue weighted by molar-refractivity contribution is 0.466. The van der Waals surface area contributed by atoms with Crippen LogP contribution in [-0.4, -0.2) is 5.11 Å². The number of rotatable bonds is 0. The van der Waals surface area contributed by atoms with E-state index in [1.165, 1.54) is 16.7 Å². The summed E-state index contributed by atoms with van der Waals surface area (Å²) in [5.74, 6) is 1.79. The summed E-state index contributed by atoms with van der Waals surface area (Å²) in [5.41, 5.74) is 5.62. The van der Waals surface area contributed by atoms with Gasteiger partial charge < -0.3 is 9.84 Å². The number of hydrogen-bond donors (Lipinski definition) is 1. The molecule has 19 heavy (non-hydrogen) atoms. The highest BCUT2D eigenvalue weighted by Crippen LogP contribution is 2.65. The first-order valence-corrected chi connectivity index (χ1v) is 6.37. The monoisotopic (exact) mass is 246 g/mol. The largest absolute Gasteiger partial charge is 0.504 e. The topological polar surface area (TPSA) is 32.8 Å². The Morgan fingerprint density at radius 1 is 0.842 bits per heavy atom.